The summed E-state index contributed by atoms with van der Waals surface area (Å²) in [5.74, 6) is 0. The van der Waals surface area contributed by atoms with Crippen molar-refractivity contribution in [1.82, 2.24) is 15.2 Å². The summed E-state index contributed by atoms with van der Waals surface area (Å²) in [6.07, 6.45) is 5.55. The van der Waals surface area contributed by atoms with Crippen molar-refractivity contribution >= 4 is 0 Å². The van der Waals surface area contributed by atoms with E-state index in [4.69, 9.17) is 0 Å². The van der Waals surface area contributed by atoms with Gasteiger partial charge in [0.15, 0.2) is 0 Å². The number of aromatic nitrogens is 1. The normalized spacial score (nSPS) is 22.6. The zero-order valence-corrected chi connectivity index (χ0v) is 12.5. The minimum Gasteiger partial charge on any atom is -0.312 e. The molecule has 2 heterocycles. The molecular weight excluding hydrogens is 234 g/mol. The molecule has 0 spiro atoms. The van der Waals surface area contributed by atoms with Gasteiger partial charge in [-0.2, -0.15) is 0 Å². The van der Waals surface area contributed by atoms with Gasteiger partial charge in [0.2, 0.25) is 0 Å². The predicted molar refractivity (Wildman–Crippen MR) is 80.2 cm³/mol. The average Bonchev–Trinajstić information content (AvgIpc) is 2.40. The number of rotatable bonds is 5. The van der Waals surface area contributed by atoms with E-state index >= 15 is 0 Å². The zero-order chi connectivity index (χ0) is 13.7. The highest BCUT2D eigenvalue weighted by atomic mass is 15.1. The van der Waals surface area contributed by atoms with E-state index in [1.54, 1.807) is 0 Å². The van der Waals surface area contributed by atoms with Crippen LogP contribution in [0.5, 0.6) is 0 Å². The van der Waals surface area contributed by atoms with Crippen molar-refractivity contribution < 1.29 is 0 Å². The third kappa shape index (κ3) is 4.29. The summed E-state index contributed by atoms with van der Waals surface area (Å²) in [7, 11) is 2.22. The molecule has 3 heteroatoms. The number of piperidine rings is 1. The van der Waals surface area contributed by atoms with Crippen LogP contribution in [0, 0.1) is 5.41 Å². The van der Waals surface area contributed by atoms with Gasteiger partial charge in [-0.15, -0.1) is 0 Å². The summed E-state index contributed by atoms with van der Waals surface area (Å²) in [4.78, 5) is 6.81. The van der Waals surface area contributed by atoms with Crippen molar-refractivity contribution in [2.75, 3.05) is 26.7 Å². The maximum atomic E-state index is 4.38. The molecule has 1 aromatic rings. The Hall–Kier alpha value is -0.930. The Bertz CT molecular complexity index is 375. The molecule has 2 rings (SSSR count). The van der Waals surface area contributed by atoms with Crippen molar-refractivity contribution in [3.63, 3.8) is 0 Å². The molecule has 3 nitrogen and oxygen atoms in total. The van der Waals surface area contributed by atoms with E-state index in [1.807, 2.05) is 12.3 Å². The van der Waals surface area contributed by atoms with E-state index in [-0.39, 0.29) is 0 Å². The lowest BCUT2D eigenvalue weighted by Crippen LogP contribution is -2.52. The van der Waals surface area contributed by atoms with Crippen LogP contribution in [-0.4, -0.2) is 42.6 Å². The Balaban J connectivity index is 1.79. The lowest BCUT2D eigenvalue weighted by atomic mass is 9.77. The van der Waals surface area contributed by atoms with Gasteiger partial charge in [-0.05, 0) is 44.0 Å². The topological polar surface area (TPSA) is 28.2 Å². The largest absolute Gasteiger partial charge is 0.312 e. The summed E-state index contributed by atoms with van der Waals surface area (Å²) in [5.41, 5.74) is 1.60. The first-order valence-corrected chi connectivity index (χ1v) is 7.40. The first-order chi connectivity index (χ1) is 9.08. The van der Waals surface area contributed by atoms with Crippen molar-refractivity contribution in [2.45, 2.75) is 39.2 Å². The Morgan fingerprint density at radius 2 is 2.26 bits per heavy atom. The molecule has 0 saturated carbocycles. The van der Waals surface area contributed by atoms with E-state index in [0.29, 0.717) is 11.5 Å². The van der Waals surface area contributed by atoms with Gasteiger partial charge < -0.3 is 10.2 Å². The van der Waals surface area contributed by atoms with Gasteiger partial charge in [-0.1, -0.05) is 19.9 Å². The first kappa shape index (κ1) is 14.5. The maximum Gasteiger partial charge on any atom is 0.0416 e. The highest BCUT2D eigenvalue weighted by Gasteiger charge is 2.32. The molecule has 19 heavy (non-hydrogen) atoms. The molecule has 1 aliphatic heterocycles. The fourth-order valence-electron chi connectivity index (χ4n) is 2.84. The summed E-state index contributed by atoms with van der Waals surface area (Å²) in [5, 5.41) is 3.68. The monoisotopic (exact) mass is 261 g/mol. The molecule has 1 saturated heterocycles. The molecule has 1 unspecified atom stereocenters. The maximum absolute atomic E-state index is 4.38. The van der Waals surface area contributed by atoms with Crippen molar-refractivity contribution in [2.24, 2.45) is 5.41 Å². The molecule has 1 fully saturated rings. The Labute approximate surface area is 117 Å². The number of hydrogen-bond acceptors (Lipinski definition) is 3. The molecule has 0 radical (unpaired) electrons. The molecule has 0 aromatic carbocycles. The van der Waals surface area contributed by atoms with E-state index in [1.165, 1.54) is 25.1 Å². The second-order valence-electron chi connectivity index (χ2n) is 6.43. The highest BCUT2D eigenvalue weighted by molar-refractivity contribution is 5.03. The number of likely N-dealkylation sites (N-methyl/N-ethyl adjacent to an activating group) is 1. The minimum absolute atomic E-state index is 0.414. The van der Waals surface area contributed by atoms with Gasteiger partial charge in [-0.25, -0.2) is 0 Å². The lowest BCUT2D eigenvalue weighted by molar-refractivity contribution is 0.139. The van der Waals surface area contributed by atoms with Gasteiger partial charge in [0.1, 0.15) is 0 Å². The van der Waals surface area contributed by atoms with Crippen molar-refractivity contribution in [1.29, 1.82) is 0 Å². The second-order valence-corrected chi connectivity index (χ2v) is 6.43. The van der Waals surface area contributed by atoms with Crippen LogP contribution in [0.15, 0.2) is 24.4 Å². The summed E-state index contributed by atoms with van der Waals surface area (Å²) >= 11 is 0. The Kier molecular flexibility index (Phi) is 4.94. The van der Waals surface area contributed by atoms with Gasteiger partial charge in [0, 0.05) is 37.4 Å². The van der Waals surface area contributed by atoms with Gasteiger partial charge in [0.25, 0.3) is 0 Å². The molecule has 0 bridgehead atoms. The minimum atomic E-state index is 0.414. The number of nitrogens with zero attached hydrogens (tertiary/aromatic N) is 2. The van der Waals surface area contributed by atoms with Crippen LogP contribution in [0.3, 0.4) is 0 Å². The smallest absolute Gasteiger partial charge is 0.0416 e. The average molecular weight is 261 g/mol. The van der Waals surface area contributed by atoms with E-state index < -0.39 is 0 Å². The number of pyridine rings is 1. The molecule has 1 aromatic heterocycles. The van der Waals surface area contributed by atoms with Crippen molar-refractivity contribution in [3.05, 3.63) is 30.1 Å². The summed E-state index contributed by atoms with van der Waals surface area (Å²) in [6, 6.07) is 6.75. The van der Waals surface area contributed by atoms with Gasteiger partial charge in [-0.3, -0.25) is 4.98 Å². The molecule has 1 atom stereocenters. The van der Waals surface area contributed by atoms with Crippen LogP contribution >= 0.6 is 0 Å². The highest BCUT2D eigenvalue weighted by Crippen LogP contribution is 2.30. The van der Waals surface area contributed by atoms with Crippen LogP contribution < -0.4 is 5.32 Å². The fraction of sp³-hybridized carbons (Fsp3) is 0.688. The fourth-order valence-corrected chi connectivity index (χ4v) is 2.84. The molecule has 106 valence electrons. The van der Waals surface area contributed by atoms with E-state index in [9.17, 15) is 0 Å². The molecule has 1 aliphatic rings. The zero-order valence-electron chi connectivity index (χ0n) is 12.5. The first-order valence-electron chi connectivity index (χ1n) is 7.40. The second kappa shape index (κ2) is 6.49. The predicted octanol–water partition coefficient (Wildman–Crippen LogP) is 2.33. The number of nitrogens with one attached hydrogen (secondary N) is 1. The van der Waals surface area contributed by atoms with Crippen LogP contribution in [0.2, 0.25) is 0 Å². The lowest BCUT2D eigenvalue weighted by Gasteiger charge is -2.41. The number of hydrogen-bond donors (Lipinski definition) is 1. The van der Waals surface area contributed by atoms with Crippen molar-refractivity contribution in [3.8, 4) is 0 Å². The van der Waals surface area contributed by atoms with Crippen LogP contribution in [0.25, 0.3) is 0 Å². The Morgan fingerprint density at radius 3 is 2.95 bits per heavy atom. The molecule has 1 N–H and O–H groups in total. The molecule has 0 aliphatic carbocycles. The Morgan fingerprint density at radius 1 is 1.42 bits per heavy atom. The molecule has 0 amide bonds. The molecular formula is C16H27N3. The third-order valence-corrected chi connectivity index (χ3v) is 4.30. The quantitative estimate of drug-likeness (QED) is 0.882. The van der Waals surface area contributed by atoms with E-state index in [2.05, 4.69) is 48.2 Å². The van der Waals surface area contributed by atoms with Crippen LogP contribution in [0.4, 0.5) is 0 Å². The van der Waals surface area contributed by atoms with Gasteiger partial charge in [0.05, 0.1) is 0 Å². The summed E-state index contributed by atoms with van der Waals surface area (Å²) < 4.78 is 0. The SMILES string of the molecule is CN(CCc1ccccn1)CC1NCCCC1(C)C. The van der Waals surface area contributed by atoms with Crippen LogP contribution in [-0.2, 0) is 6.42 Å². The standard InChI is InChI=1S/C16H27N3/c1-16(2)9-6-11-18-15(16)13-19(3)12-8-14-7-4-5-10-17-14/h4-5,7,10,15,18H,6,8-9,11-13H2,1-3H3. The summed E-state index contributed by atoms with van der Waals surface area (Å²) in [6.45, 7) is 8.14. The van der Waals surface area contributed by atoms with E-state index in [0.717, 1.165) is 19.5 Å². The third-order valence-electron chi connectivity index (χ3n) is 4.30. The van der Waals surface area contributed by atoms with Crippen LogP contribution in [0.1, 0.15) is 32.4 Å². The van der Waals surface area contributed by atoms with Gasteiger partial charge >= 0.3 is 0 Å².